The van der Waals surface area contributed by atoms with Gasteiger partial charge >= 0.3 is 0 Å². The van der Waals surface area contributed by atoms with Gasteiger partial charge in [0.1, 0.15) is 0 Å². The maximum Gasteiger partial charge on any atom is 0.264 e. The molecule has 0 saturated heterocycles. The summed E-state index contributed by atoms with van der Waals surface area (Å²) in [6.45, 7) is 6.07. The SMILES string of the molecule is CCCn1nc2c(c(C(F)F)cc(=O)n2CCC(=O)Nc2cnc3c(c2)c(C)nn3C)c1C. The molecule has 9 nitrogen and oxygen atoms in total. The largest absolute Gasteiger partial charge is 0.325 e. The molecule has 0 fully saturated rings. The number of aryl methyl sites for hydroxylation is 5. The van der Waals surface area contributed by atoms with Crippen LogP contribution in [0.5, 0.6) is 0 Å². The molecule has 4 heterocycles. The van der Waals surface area contributed by atoms with Gasteiger partial charge < -0.3 is 5.32 Å². The van der Waals surface area contributed by atoms with Crippen LogP contribution in [0.1, 0.15) is 43.1 Å². The lowest BCUT2D eigenvalue weighted by Gasteiger charge is -2.10. The average molecular weight is 457 g/mol. The smallest absolute Gasteiger partial charge is 0.264 e. The van der Waals surface area contributed by atoms with Crippen molar-refractivity contribution in [2.24, 2.45) is 7.05 Å². The second-order valence-electron chi connectivity index (χ2n) is 8.00. The quantitative estimate of drug-likeness (QED) is 0.458. The summed E-state index contributed by atoms with van der Waals surface area (Å²) in [6, 6.07) is 2.74. The molecule has 0 aliphatic heterocycles. The molecule has 33 heavy (non-hydrogen) atoms. The van der Waals surface area contributed by atoms with Crippen LogP contribution in [-0.4, -0.2) is 35.0 Å². The van der Waals surface area contributed by atoms with E-state index in [9.17, 15) is 18.4 Å². The maximum absolute atomic E-state index is 13.6. The molecule has 0 bridgehead atoms. The van der Waals surface area contributed by atoms with E-state index in [1.165, 1.54) is 4.57 Å². The fraction of sp³-hybridized carbons (Fsp3) is 0.409. The Kier molecular flexibility index (Phi) is 5.96. The number of rotatable bonds is 7. The number of nitrogens with zero attached hydrogens (tertiary/aromatic N) is 6. The first-order chi connectivity index (χ1) is 15.7. The Bertz CT molecular complexity index is 1420. The molecular formula is C22H25F2N7O2. The van der Waals surface area contributed by atoms with Crippen LogP contribution in [0, 0.1) is 13.8 Å². The highest BCUT2D eigenvalue weighted by atomic mass is 19.3. The topological polar surface area (TPSA) is 99.6 Å². The molecule has 0 aliphatic carbocycles. The Morgan fingerprint density at radius 2 is 1.91 bits per heavy atom. The second-order valence-corrected chi connectivity index (χ2v) is 8.00. The van der Waals surface area contributed by atoms with Crippen molar-refractivity contribution in [1.29, 1.82) is 0 Å². The zero-order chi connectivity index (χ0) is 23.9. The fourth-order valence-electron chi connectivity index (χ4n) is 4.08. The van der Waals surface area contributed by atoms with Gasteiger partial charge in [-0.15, -0.1) is 0 Å². The van der Waals surface area contributed by atoms with Crippen molar-refractivity contribution in [2.45, 2.75) is 53.1 Å². The van der Waals surface area contributed by atoms with Gasteiger partial charge in [0.25, 0.3) is 12.0 Å². The molecular weight excluding hydrogens is 432 g/mol. The fourth-order valence-corrected chi connectivity index (χ4v) is 4.08. The summed E-state index contributed by atoms with van der Waals surface area (Å²) in [5.41, 5.74) is 1.82. The third-order valence-electron chi connectivity index (χ3n) is 5.66. The van der Waals surface area contributed by atoms with Crippen LogP contribution in [0.4, 0.5) is 14.5 Å². The number of hydrogen-bond donors (Lipinski definition) is 1. The summed E-state index contributed by atoms with van der Waals surface area (Å²) in [5, 5.41) is 12.6. The van der Waals surface area contributed by atoms with E-state index < -0.39 is 12.0 Å². The number of nitrogens with one attached hydrogen (secondary N) is 1. The van der Waals surface area contributed by atoms with Gasteiger partial charge in [-0.25, -0.2) is 13.8 Å². The highest BCUT2D eigenvalue weighted by Gasteiger charge is 2.22. The van der Waals surface area contributed by atoms with E-state index in [4.69, 9.17) is 0 Å². The first kappa shape index (κ1) is 22.6. The Morgan fingerprint density at radius 3 is 2.61 bits per heavy atom. The van der Waals surface area contributed by atoms with Gasteiger partial charge in [-0.05, 0) is 26.3 Å². The standard InChI is InChI=1S/C22H25F2N7O2/c1-5-7-31-13(3)19-16(20(23)24)10-18(33)30(22(19)28-31)8-6-17(32)26-14-9-15-12(2)27-29(4)21(15)25-11-14/h9-11,20H,5-8H2,1-4H3,(H,26,32). The molecule has 4 aromatic rings. The van der Waals surface area contributed by atoms with Crippen molar-refractivity contribution in [3.63, 3.8) is 0 Å². The van der Waals surface area contributed by atoms with E-state index in [1.807, 2.05) is 13.8 Å². The van der Waals surface area contributed by atoms with Crippen molar-refractivity contribution in [2.75, 3.05) is 5.32 Å². The summed E-state index contributed by atoms with van der Waals surface area (Å²) in [7, 11) is 1.79. The van der Waals surface area contributed by atoms with Crippen molar-refractivity contribution in [3.05, 3.63) is 45.6 Å². The lowest BCUT2D eigenvalue weighted by molar-refractivity contribution is -0.116. The molecule has 4 rings (SSSR count). The van der Waals surface area contributed by atoms with Crippen LogP contribution in [0.15, 0.2) is 23.1 Å². The number of fused-ring (bicyclic) bond motifs is 2. The Labute approximate surface area is 188 Å². The molecule has 0 aliphatic rings. The van der Waals surface area contributed by atoms with Crippen molar-refractivity contribution < 1.29 is 13.6 Å². The van der Waals surface area contributed by atoms with E-state index in [1.54, 1.807) is 35.6 Å². The highest BCUT2D eigenvalue weighted by molar-refractivity contribution is 5.93. The number of aromatic nitrogens is 6. The van der Waals surface area contributed by atoms with Gasteiger partial charge in [0, 0.05) is 54.7 Å². The molecule has 4 aromatic heterocycles. The number of carbonyl (C=O) groups is 1. The van der Waals surface area contributed by atoms with Gasteiger partial charge in [0.05, 0.1) is 17.6 Å². The van der Waals surface area contributed by atoms with E-state index in [2.05, 4.69) is 20.5 Å². The van der Waals surface area contributed by atoms with E-state index >= 15 is 0 Å². The van der Waals surface area contributed by atoms with E-state index in [0.29, 0.717) is 23.6 Å². The molecule has 1 amide bonds. The molecule has 0 aromatic carbocycles. The van der Waals surface area contributed by atoms with Crippen molar-refractivity contribution in [1.82, 2.24) is 29.1 Å². The van der Waals surface area contributed by atoms with Gasteiger partial charge in [-0.2, -0.15) is 10.2 Å². The number of anilines is 1. The number of halogens is 2. The number of carbonyl (C=O) groups excluding carboxylic acids is 1. The summed E-state index contributed by atoms with van der Waals surface area (Å²) in [5.74, 6) is -0.333. The Morgan fingerprint density at radius 1 is 1.15 bits per heavy atom. The predicted molar refractivity (Wildman–Crippen MR) is 120 cm³/mol. The van der Waals surface area contributed by atoms with Crippen LogP contribution in [0.3, 0.4) is 0 Å². The Balaban J connectivity index is 1.60. The monoisotopic (exact) mass is 457 g/mol. The Hall–Kier alpha value is -3.63. The van der Waals surface area contributed by atoms with Crippen molar-refractivity contribution in [3.8, 4) is 0 Å². The highest BCUT2D eigenvalue weighted by Crippen LogP contribution is 2.29. The third-order valence-corrected chi connectivity index (χ3v) is 5.66. The number of amides is 1. The molecule has 0 radical (unpaired) electrons. The van der Waals surface area contributed by atoms with Crippen LogP contribution in [0.25, 0.3) is 22.1 Å². The lowest BCUT2D eigenvalue weighted by Crippen LogP contribution is -2.24. The third kappa shape index (κ3) is 4.10. The zero-order valence-corrected chi connectivity index (χ0v) is 18.9. The van der Waals surface area contributed by atoms with Crippen molar-refractivity contribution >= 4 is 33.7 Å². The summed E-state index contributed by atoms with van der Waals surface area (Å²) >= 11 is 0. The van der Waals surface area contributed by atoms with Crippen LogP contribution in [0.2, 0.25) is 0 Å². The van der Waals surface area contributed by atoms with Gasteiger partial charge in [0.15, 0.2) is 11.3 Å². The summed E-state index contributed by atoms with van der Waals surface area (Å²) in [4.78, 5) is 29.5. The van der Waals surface area contributed by atoms with Gasteiger partial charge in [-0.3, -0.25) is 23.5 Å². The molecule has 0 spiro atoms. The zero-order valence-electron chi connectivity index (χ0n) is 18.9. The van der Waals surface area contributed by atoms with Gasteiger partial charge in [0.2, 0.25) is 5.91 Å². The molecule has 0 atom stereocenters. The molecule has 1 N–H and O–H groups in total. The lowest BCUT2D eigenvalue weighted by atomic mass is 10.1. The van der Waals surface area contributed by atoms with Gasteiger partial charge in [-0.1, -0.05) is 6.92 Å². The van der Waals surface area contributed by atoms with E-state index in [-0.39, 0.29) is 35.5 Å². The van der Waals surface area contributed by atoms with Crippen LogP contribution in [-0.2, 0) is 24.9 Å². The maximum atomic E-state index is 13.6. The number of hydrogen-bond acceptors (Lipinski definition) is 5. The molecule has 11 heteroatoms. The minimum Gasteiger partial charge on any atom is -0.325 e. The number of pyridine rings is 2. The number of alkyl halides is 2. The normalized spacial score (nSPS) is 11.7. The molecule has 0 saturated carbocycles. The van der Waals surface area contributed by atoms with Crippen LogP contribution >= 0.6 is 0 Å². The average Bonchev–Trinajstić information content (AvgIpc) is 3.23. The molecule has 0 unspecified atom stereocenters. The summed E-state index contributed by atoms with van der Waals surface area (Å²) < 4.78 is 31.8. The second kappa shape index (κ2) is 8.72. The van der Waals surface area contributed by atoms with E-state index in [0.717, 1.165) is 23.6 Å². The summed E-state index contributed by atoms with van der Waals surface area (Å²) in [6.07, 6.45) is -0.527. The minimum absolute atomic E-state index is 0.00879. The predicted octanol–water partition coefficient (Wildman–Crippen LogP) is 3.47. The first-order valence-electron chi connectivity index (χ1n) is 10.7. The van der Waals surface area contributed by atoms with Crippen LogP contribution < -0.4 is 10.9 Å². The minimum atomic E-state index is -2.80. The molecule has 174 valence electrons. The first-order valence-corrected chi connectivity index (χ1v) is 10.7.